The zero-order valence-electron chi connectivity index (χ0n) is 11.9. The lowest BCUT2D eigenvalue weighted by Gasteiger charge is -2.47. The molecule has 2 aromatic rings. The van der Waals surface area contributed by atoms with Crippen molar-refractivity contribution in [3.8, 4) is 0 Å². The monoisotopic (exact) mass is 302 g/mol. The fourth-order valence-electron chi connectivity index (χ4n) is 3.39. The maximum absolute atomic E-state index is 6.28. The molecule has 3 aliphatic heterocycles. The molecule has 1 aromatic heterocycles. The van der Waals surface area contributed by atoms with Gasteiger partial charge in [-0.25, -0.2) is 4.98 Å². The van der Waals surface area contributed by atoms with Crippen LogP contribution in [-0.2, 0) is 0 Å². The quantitative estimate of drug-likeness (QED) is 0.882. The van der Waals surface area contributed by atoms with Crippen LogP contribution in [0, 0.1) is 0 Å². The number of anilines is 1. The van der Waals surface area contributed by atoms with Crippen molar-refractivity contribution in [1.29, 1.82) is 0 Å². The van der Waals surface area contributed by atoms with Crippen LogP contribution in [0.2, 0.25) is 5.15 Å². The highest BCUT2D eigenvalue weighted by molar-refractivity contribution is 6.34. The zero-order chi connectivity index (χ0) is 14.2. The second-order valence-electron chi connectivity index (χ2n) is 5.89. The molecule has 5 rings (SSSR count). The van der Waals surface area contributed by atoms with Crippen molar-refractivity contribution in [3.63, 3.8) is 0 Å². The van der Waals surface area contributed by atoms with Crippen molar-refractivity contribution >= 4 is 28.2 Å². The lowest BCUT2D eigenvalue weighted by Crippen LogP contribution is -2.62. The molecule has 4 heterocycles. The molecule has 0 saturated carbocycles. The number of aromatic nitrogens is 1. The summed E-state index contributed by atoms with van der Waals surface area (Å²) >= 11 is 6.28. The minimum atomic E-state index is 0.574. The second-order valence-corrected chi connectivity index (χ2v) is 6.25. The van der Waals surface area contributed by atoms with Crippen LogP contribution in [0.3, 0.4) is 0 Å². The number of nitrogens with one attached hydrogen (secondary N) is 1. The smallest absolute Gasteiger partial charge is 0.139 e. The van der Waals surface area contributed by atoms with Gasteiger partial charge in [0.05, 0.1) is 0 Å². The van der Waals surface area contributed by atoms with E-state index >= 15 is 0 Å². The molecule has 1 N–H and O–H groups in total. The van der Waals surface area contributed by atoms with Crippen LogP contribution in [0.4, 0.5) is 5.82 Å². The van der Waals surface area contributed by atoms with Gasteiger partial charge in [0.2, 0.25) is 0 Å². The van der Waals surface area contributed by atoms with Gasteiger partial charge >= 0.3 is 0 Å². The van der Waals surface area contributed by atoms with Crippen molar-refractivity contribution < 1.29 is 0 Å². The Kier molecular flexibility index (Phi) is 3.45. The molecule has 0 aliphatic carbocycles. The fraction of sp³-hybridized carbons (Fsp3) is 0.438. The number of pyridine rings is 1. The van der Waals surface area contributed by atoms with E-state index in [1.165, 1.54) is 26.2 Å². The first kappa shape index (κ1) is 13.3. The van der Waals surface area contributed by atoms with E-state index < -0.39 is 0 Å². The summed E-state index contributed by atoms with van der Waals surface area (Å²) in [5, 5.41) is 6.19. The summed E-state index contributed by atoms with van der Waals surface area (Å²) in [5.74, 6) is 0.872. The maximum atomic E-state index is 6.28. The Bertz CT molecular complexity index is 652. The van der Waals surface area contributed by atoms with Crippen molar-refractivity contribution in [1.82, 2.24) is 14.8 Å². The summed E-state index contributed by atoms with van der Waals surface area (Å²) in [7, 11) is 0. The molecule has 3 fully saturated rings. The number of piperazine rings is 3. The van der Waals surface area contributed by atoms with Gasteiger partial charge in [0.15, 0.2) is 0 Å². The number of hydrogen-bond acceptors (Lipinski definition) is 4. The average Bonchev–Trinajstić information content (AvgIpc) is 2.54. The maximum Gasteiger partial charge on any atom is 0.139 e. The van der Waals surface area contributed by atoms with E-state index in [1.54, 1.807) is 0 Å². The third kappa shape index (κ3) is 2.59. The van der Waals surface area contributed by atoms with E-state index in [1.807, 2.05) is 18.2 Å². The molecule has 4 nitrogen and oxygen atoms in total. The topological polar surface area (TPSA) is 31.4 Å². The Morgan fingerprint density at radius 2 is 2.00 bits per heavy atom. The van der Waals surface area contributed by atoms with E-state index in [9.17, 15) is 0 Å². The van der Waals surface area contributed by atoms with Gasteiger partial charge in [-0.2, -0.15) is 0 Å². The number of benzene rings is 1. The number of halogens is 1. The summed E-state index contributed by atoms with van der Waals surface area (Å²) in [6.45, 7) is 6.91. The summed E-state index contributed by atoms with van der Waals surface area (Å²) < 4.78 is 0. The van der Waals surface area contributed by atoms with E-state index in [2.05, 4.69) is 32.2 Å². The highest BCUT2D eigenvalue weighted by atomic mass is 35.5. The molecule has 1 atom stereocenters. The molecule has 3 aliphatic rings. The normalized spacial score (nSPS) is 28.0. The lowest BCUT2D eigenvalue weighted by molar-refractivity contribution is 0.0189. The summed E-state index contributed by atoms with van der Waals surface area (Å²) in [6, 6.07) is 10.8. The molecule has 0 radical (unpaired) electrons. The zero-order valence-corrected chi connectivity index (χ0v) is 12.7. The van der Waals surface area contributed by atoms with E-state index in [4.69, 9.17) is 11.6 Å². The van der Waals surface area contributed by atoms with Crippen LogP contribution in [0.15, 0.2) is 30.3 Å². The van der Waals surface area contributed by atoms with Crippen LogP contribution in [-0.4, -0.2) is 60.1 Å². The van der Waals surface area contributed by atoms with Gasteiger partial charge < -0.3 is 5.32 Å². The van der Waals surface area contributed by atoms with Gasteiger partial charge in [-0.15, -0.1) is 0 Å². The predicted octanol–water partition coefficient (Wildman–Crippen LogP) is 2.30. The Hall–Kier alpha value is -1.36. The third-order valence-electron chi connectivity index (χ3n) is 4.60. The SMILES string of the molecule is Clc1nc(NCC2CN3CCN2CC3)cc2ccccc12. The van der Waals surface area contributed by atoms with Crippen LogP contribution in [0.25, 0.3) is 10.8 Å². The van der Waals surface area contributed by atoms with Crippen LogP contribution in [0.5, 0.6) is 0 Å². The highest BCUT2D eigenvalue weighted by Gasteiger charge is 2.31. The van der Waals surface area contributed by atoms with Crippen molar-refractivity contribution in [2.24, 2.45) is 0 Å². The lowest BCUT2D eigenvalue weighted by atomic mass is 10.1. The molecule has 1 aromatic carbocycles. The first-order chi connectivity index (χ1) is 10.3. The van der Waals surface area contributed by atoms with Crippen LogP contribution < -0.4 is 5.32 Å². The molecule has 21 heavy (non-hydrogen) atoms. The Labute approximate surface area is 129 Å². The highest BCUT2D eigenvalue weighted by Crippen LogP contribution is 2.24. The average molecular weight is 303 g/mol. The molecule has 5 heteroatoms. The molecular weight excluding hydrogens is 284 g/mol. The van der Waals surface area contributed by atoms with Crippen molar-refractivity contribution in [3.05, 3.63) is 35.5 Å². The number of nitrogens with zero attached hydrogens (tertiary/aromatic N) is 3. The van der Waals surface area contributed by atoms with E-state index in [-0.39, 0.29) is 0 Å². The number of hydrogen-bond donors (Lipinski definition) is 1. The minimum absolute atomic E-state index is 0.574. The molecule has 110 valence electrons. The Balaban J connectivity index is 1.50. The molecule has 2 bridgehead atoms. The van der Waals surface area contributed by atoms with Crippen LogP contribution in [0.1, 0.15) is 0 Å². The first-order valence-corrected chi connectivity index (χ1v) is 7.93. The molecule has 1 unspecified atom stereocenters. The Morgan fingerprint density at radius 1 is 1.19 bits per heavy atom. The van der Waals surface area contributed by atoms with Crippen LogP contribution >= 0.6 is 11.6 Å². The van der Waals surface area contributed by atoms with Gasteiger partial charge in [-0.1, -0.05) is 35.9 Å². The Morgan fingerprint density at radius 3 is 2.76 bits per heavy atom. The first-order valence-electron chi connectivity index (χ1n) is 7.55. The van der Waals surface area contributed by atoms with E-state index in [0.717, 1.165) is 29.7 Å². The number of rotatable bonds is 3. The minimum Gasteiger partial charge on any atom is -0.368 e. The van der Waals surface area contributed by atoms with Gasteiger partial charge in [-0.3, -0.25) is 9.80 Å². The third-order valence-corrected chi connectivity index (χ3v) is 4.89. The largest absolute Gasteiger partial charge is 0.368 e. The molecule has 3 saturated heterocycles. The van der Waals surface area contributed by atoms with Gasteiger partial charge in [0.1, 0.15) is 11.0 Å². The van der Waals surface area contributed by atoms with Crippen molar-refractivity contribution in [2.75, 3.05) is 44.6 Å². The standard InChI is InChI=1S/C16H19ClN4/c17-16-14-4-2-1-3-12(14)9-15(19-16)18-10-13-11-20-5-7-21(13)8-6-20/h1-4,9,13H,5-8,10-11H2,(H,18,19). The number of fused-ring (bicyclic) bond motifs is 4. The van der Waals surface area contributed by atoms with E-state index in [0.29, 0.717) is 11.2 Å². The van der Waals surface area contributed by atoms with Gasteiger partial charge in [-0.05, 0) is 11.5 Å². The summed E-state index contributed by atoms with van der Waals surface area (Å²) in [5.41, 5.74) is 0. The van der Waals surface area contributed by atoms with Crippen molar-refractivity contribution in [2.45, 2.75) is 6.04 Å². The molecule has 0 amide bonds. The summed E-state index contributed by atoms with van der Waals surface area (Å²) in [4.78, 5) is 9.60. The second kappa shape index (κ2) is 5.44. The predicted molar refractivity (Wildman–Crippen MR) is 87.0 cm³/mol. The fourth-order valence-corrected chi connectivity index (χ4v) is 3.65. The van der Waals surface area contributed by atoms with Gasteiger partial charge in [0.25, 0.3) is 0 Å². The molecular formula is C16H19ClN4. The molecule has 0 spiro atoms. The van der Waals surface area contributed by atoms with Gasteiger partial charge in [0, 0.05) is 50.7 Å². The summed E-state index contributed by atoms with van der Waals surface area (Å²) in [6.07, 6.45) is 0.